The Morgan fingerprint density at radius 3 is 2.80 bits per heavy atom. The van der Waals surface area contributed by atoms with E-state index in [0.29, 0.717) is 0 Å². The molecule has 3 heteroatoms. The summed E-state index contributed by atoms with van der Waals surface area (Å²) in [5, 5.41) is 0. The summed E-state index contributed by atoms with van der Waals surface area (Å²) in [6.07, 6.45) is 0. The lowest BCUT2D eigenvalue weighted by Crippen LogP contribution is -1.73. The SMILES string of the molecule is Cc1ccc2c(c1)SSS2. The second-order valence-corrected chi connectivity index (χ2v) is 6.17. The smallest absolute Gasteiger partial charge is 0.0338 e. The van der Waals surface area contributed by atoms with Crippen molar-refractivity contribution in [2.75, 3.05) is 0 Å². The summed E-state index contributed by atoms with van der Waals surface area (Å²) in [6, 6.07) is 6.60. The molecular weight excluding hydrogens is 180 g/mol. The van der Waals surface area contributed by atoms with E-state index in [1.54, 1.807) is 0 Å². The normalized spacial score (nSPS) is 15.3. The minimum Gasteiger partial charge on any atom is -0.0581 e. The Morgan fingerprint density at radius 2 is 1.90 bits per heavy atom. The standard InChI is InChI=1S/C7H6S3/c1-5-2-3-6-7(4-5)9-10-8-6/h2-4H,1H3. The fraction of sp³-hybridized carbons (Fsp3) is 0.143. The van der Waals surface area contributed by atoms with Gasteiger partial charge in [-0.15, -0.1) is 0 Å². The summed E-state index contributed by atoms with van der Waals surface area (Å²) in [7, 11) is 5.56. The number of hydrogen-bond donors (Lipinski definition) is 0. The van der Waals surface area contributed by atoms with Crippen molar-refractivity contribution in [1.82, 2.24) is 0 Å². The van der Waals surface area contributed by atoms with E-state index in [4.69, 9.17) is 0 Å². The van der Waals surface area contributed by atoms with Gasteiger partial charge in [-0.3, -0.25) is 0 Å². The largest absolute Gasteiger partial charge is 0.0581 e. The van der Waals surface area contributed by atoms with Crippen LogP contribution in [-0.4, -0.2) is 0 Å². The van der Waals surface area contributed by atoms with Gasteiger partial charge in [0.2, 0.25) is 0 Å². The maximum Gasteiger partial charge on any atom is 0.0338 e. The molecule has 10 heavy (non-hydrogen) atoms. The van der Waals surface area contributed by atoms with Gasteiger partial charge in [-0.1, -0.05) is 6.07 Å². The van der Waals surface area contributed by atoms with Crippen molar-refractivity contribution in [3.63, 3.8) is 0 Å². The average molecular weight is 186 g/mol. The van der Waals surface area contributed by atoms with Gasteiger partial charge in [0, 0.05) is 9.79 Å². The topological polar surface area (TPSA) is 0 Å². The van der Waals surface area contributed by atoms with Crippen molar-refractivity contribution >= 4 is 31.4 Å². The first-order chi connectivity index (χ1) is 4.86. The van der Waals surface area contributed by atoms with E-state index in [0.717, 1.165) is 0 Å². The van der Waals surface area contributed by atoms with E-state index < -0.39 is 0 Å². The lowest BCUT2D eigenvalue weighted by atomic mass is 10.2. The molecule has 0 saturated heterocycles. The molecule has 0 N–H and O–H groups in total. The molecule has 1 heterocycles. The Kier molecular flexibility index (Phi) is 1.89. The molecule has 0 radical (unpaired) electrons. The predicted molar refractivity (Wildman–Crippen MR) is 50.5 cm³/mol. The van der Waals surface area contributed by atoms with Gasteiger partial charge in [-0.2, -0.15) is 0 Å². The van der Waals surface area contributed by atoms with Crippen LogP contribution in [0.25, 0.3) is 0 Å². The van der Waals surface area contributed by atoms with Gasteiger partial charge in [0.05, 0.1) is 0 Å². The maximum absolute atomic E-state index is 2.24. The Hall–Kier alpha value is 0.270. The second-order valence-electron chi connectivity index (χ2n) is 2.18. The molecule has 0 fully saturated rings. The molecule has 0 nitrogen and oxygen atoms in total. The van der Waals surface area contributed by atoms with Crippen LogP contribution < -0.4 is 0 Å². The number of rotatable bonds is 0. The minimum absolute atomic E-state index is 1.36. The molecule has 1 aromatic carbocycles. The van der Waals surface area contributed by atoms with E-state index >= 15 is 0 Å². The van der Waals surface area contributed by atoms with Crippen LogP contribution in [-0.2, 0) is 0 Å². The molecule has 0 atom stereocenters. The molecular formula is C7H6S3. The Labute approximate surface area is 72.0 Å². The molecule has 0 aromatic heterocycles. The molecule has 1 aliphatic heterocycles. The Balaban J connectivity index is 2.52. The van der Waals surface area contributed by atoms with Crippen LogP contribution in [0.5, 0.6) is 0 Å². The van der Waals surface area contributed by atoms with Crippen molar-refractivity contribution in [2.45, 2.75) is 16.7 Å². The van der Waals surface area contributed by atoms with Crippen LogP contribution >= 0.6 is 31.4 Å². The summed E-state index contributed by atoms with van der Waals surface area (Å²) in [4.78, 5) is 2.84. The molecule has 1 aromatic rings. The van der Waals surface area contributed by atoms with E-state index in [9.17, 15) is 0 Å². The first-order valence-corrected chi connectivity index (χ1v) is 6.46. The zero-order valence-electron chi connectivity index (χ0n) is 5.46. The minimum atomic E-state index is 1.36. The molecule has 1 aliphatic rings. The van der Waals surface area contributed by atoms with Crippen molar-refractivity contribution in [2.24, 2.45) is 0 Å². The van der Waals surface area contributed by atoms with Crippen molar-refractivity contribution in [1.29, 1.82) is 0 Å². The molecule has 0 spiro atoms. The molecule has 0 amide bonds. The molecule has 0 bridgehead atoms. The number of aryl methyl sites for hydroxylation is 1. The van der Waals surface area contributed by atoms with Crippen molar-refractivity contribution in [3.8, 4) is 0 Å². The zero-order valence-corrected chi connectivity index (χ0v) is 7.91. The van der Waals surface area contributed by atoms with Gasteiger partial charge < -0.3 is 0 Å². The van der Waals surface area contributed by atoms with Crippen LogP contribution in [0.4, 0.5) is 0 Å². The van der Waals surface area contributed by atoms with Gasteiger partial charge in [-0.25, -0.2) is 0 Å². The highest BCUT2D eigenvalue weighted by atomic mass is 33.5. The summed E-state index contributed by atoms with van der Waals surface area (Å²) in [5.74, 6) is 0. The Morgan fingerprint density at radius 1 is 1.10 bits per heavy atom. The lowest BCUT2D eigenvalue weighted by Gasteiger charge is -1.94. The van der Waals surface area contributed by atoms with E-state index in [1.807, 2.05) is 31.4 Å². The third-order valence-electron chi connectivity index (χ3n) is 1.35. The van der Waals surface area contributed by atoms with Gasteiger partial charge in [-0.05, 0) is 56.0 Å². The first kappa shape index (κ1) is 6.95. The van der Waals surface area contributed by atoms with E-state index in [-0.39, 0.29) is 0 Å². The van der Waals surface area contributed by atoms with Gasteiger partial charge in [0.15, 0.2) is 0 Å². The van der Waals surface area contributed by atoms with Crippen molar-refractivity contribution in [3.05, 3.63) is 23.8 Å². The number of hydrogen-bond acceptors (Lipinski definition) is 3. The third-order valence-corrected chi connectivity index (χ3v) is 5.38. The first-order valence-electron chi connectivity index (χ1n) is 2.98. The summed E-state index contributed by atoms with van der Waals surface area (Å²) < 4.78 is 0. The van der Waals surface area contributed by atoms with Crippen LogP contribution in [0.15, 0.2) is 28.0 Å². The van der Waals surface area contributed by atoms with Crippen LogP contribution in [0.1, 0.15) is 5.56 Å². The number of benzene rings is 1. The number of fused-ring (bicyclic) bond motifs is 1. The molecule has 0 aliphatic carbocycles. The predicted octanol–water partition coefficient (Wildman–Crippen LogP) is 3.76. The second kappa shape index (κ2) is 2.72. The highest BCUT2D eigenvalue weighted by Crippen LogP contribution is 2.55. The monoisotopic (exact) mass is 186 g/mol. The third kappa shape index (κ3) is 1.18. The quantitative estimate of drug-likeness (QED) is 0.566. The summed E-state index contributed by atoms with van der Waals surface area (Å²) >= 11 is 0. The summed E-state index contributed by atoms with van der Waals surface area (Å²) in [5.41, 5.74) is 1.36. The fourth-order valence-electron chi connectivity index (χ4n) is 0.840. The van der Waals surface area contributed by atoms with Crippen molar-refractivity contribution < 1.29 is 0 Å². The van der Waals surface area contributed by atoms with Crippen LogP contribution in [0, 0.1) is 6.92 Å². The van der Waals surface area contributed by atoms with Crippen LogP contribution in [0.2, 0.25) is 0 Å². The fourth-order valence-corrected chi connectivity index (χ4v) is 5.25. The molecule has 0 saturated carbocycles. The van der Waals surface area contributed by atoms with Gasteiger partial charge >= 0.3 is 0 Å². The van der Waals surface area contributed by atoms with Gasteiger partial charge in [0.25, 0.3) is 0 Å². The highest BCUT2D eigenvalue weighted by Gasteiger charge is 2.11. The highest BCUT2D eigenvalue weighted by molar-refractivity contribution is 9.10. The molecule has 2 rings (SSSR count). The molecule has 52 valence electrons. The van der Waals surface area contributed by atoms with E-state index in [1.165, 1.54) is 15.4 Å². The van der Waals surface area contributed by atoms with E-state index in [2.05, 4.69) is 25.1 Å². The zero-order chi connectivity index (χ0) is 6.97. The Bertz CT molecular complexity index is 257. The molecule has 0 unspecified atom stereocenters. The van der Waals surface area contributed by atoms with Crippen LogP contribution in [0.3, 0.4) is 0 Å². The van der Waals surface area contributed by atoms with Gasteiger partial charge in [0.1, 0.15) is 0 Å². The lowest BCUT2D eigenvalue weighted by molar-refractivity contribution is 1.23. The average Bonchev–Trinajstić information content (AvgIpc) is 2.33. The summed E-state index contributed by atoms with van der Waals surface area (Å²) in [6.45, 7) is 2.13. The maximum atomic E-state index is 2.24.